The Morgan fingerprint density at radius 2 is 1.50 bits per heavy atom. The van der Waals surface area contributed by atoms with E-state index in [1.54, 1.807) is 4.72 Å². The summed E-state index contributed by atoms with van der Waals surface area (Å²) in [6, 6.07) is 0. The topological polar surface area (TPSA) is 38.3 Å². The van der Waals surface area contributed by atoms with E-state index >= 15 is 0 Å². The molecule has 0 aromatic heterocycles. The number of hydrogen-bond acceptors (Lipinski definition) is 3. The van der Waals surface area contributed by atoms with Crippen LogP contribution in [0.4, 0.5) is 13.2 Å². The first kappa shape index (κ1) is 21.6. The number of rotatable bonds is 13. The number of alkyl halides is 3. The molecular weight excluding hydrogens is 315 g/mol. The van der Waals surface area contributed by atoms with Crippen molar-refractivity contribution in [3.63, 3.8) is 0 Å². The summed E-state index contributed by atoms with van der Waals surface area (Å²) < 4.78 is 42.8. The summed E-state index contributed by atoms with van der Waals surface area (Å²) in [5.74, 6) is -0.549. The molecule has 3 nitrogen and oxygen atoms in total. The zero-order valence-electron chi connectivity index (χ0n) is 13.5. The summed E-state index contributed by atoms with van der Waals surface area (Å²) in [5, 5.41) is 0. The van der Waals surface area contributed by atoms with Crippen molar-refractivity contribution in [2.45, 2.75) is 83.2 Å². The van der Waals surface area contributed by atoms with Crippen molar-refractivity contribution < 1.29 is 22.7 Å². The molecule has 0 saturated heterocycles. The summed E-state index contributed by atoms with van der Waals surface area (Å²) in [6.07, 6.45) is 8.75. The van der Waals surface area contributed by atoms with Gasteiger partial charge in [-0.2, -0.15) is 13.2 Å². The van der Waals surface area contributed by atoms with Gasteiger partial charge in [0.25, 0.3) is 0 Å². The molecular formula is C15H28F3NO2S. The molecule has 0 aromatic rings. The van der Waals surface area contributed by atoms with Crippen molar-refractivity contribution in [1.29, 1.82) is 0 Å². The molecule has 1 amide bonds. The number of halogens is 3. The largest absolute Gasteiger partial charge is 0.461 e. The molecule has 0 aliphatic rings. The van der Waals surface area contributed by atoms with Crippen molar-refractivity contribution >= 4 is 17.9 Å². The number of amides is 1. The van der Waals surface area contributed by atoms with Crippen LogP contribution in [0, 0.1) is 0 Å². The summed E-state index contributed by atoms with van der Waals surface area (Å²) in [4.78, 5) is 11.1. The third-order valence-electron chi connectivity index (χ3n) is 3.03. The number of carbonyl (C=O) groups is 1. The summed E-state index contributed by atoms with van der Waals surface area (Å²) >= 11 is -0.485. The van der Waals surface area contributed by atoms with Crippen LogP contribution in [0.2, 0.25) is 0 Å². The van der Waals surface area contributed by atoms with Gasteiger partial charge in [0, 0.05) is 13.0 Å². The molecule has 1 N–H and O–H groups in total. The first-order chi connectivity index (χ1) is 10.3. The van der Waals surface area contributed by atoms with E-state index in [2.05, 4.69) is 0 Å². The van der Waals surface area contributed by atoms with Crippen LogP contribution in [0.1, 0.15) is 71.6 Å². The highest BCUT2D eigenvalue weighted by atomic mass is 32.2. The predicted molar refractivity (Wildman–Crippen MR) is 84.4 cm³/mol. The molecule has 0 rings (SSSR count). The molecule has 0 bridgehead atoms. The van der Waals surface area contributed by atoms with Crippen molar-refractivity contribution in [3.8, 4) is 0 Å². The zero-order chi connectivity index (χ0) is 16.8. The highest BCUT2D eigenvalue weighted by molar-refractivity contribution is 7.98. The number of ether oxygens (including phenoxy) is 1. The van der Waals surface area contributed by atoms with Crippen LogP contribution in [-0.4, -0.2) is 24.1 Å². The van der Waals surface area contributed by atoms with Gasteiger partial charge < -0.3 is 4.74 Å². The Hall–Kier alpha value is -0.430. The summed E-state index contributed by atoms with van der Waals surface area (Å²) in [7, 11) is 0. The van der Waals surface area contributed by atoms with Gasteiger partial charge in [-0.25, -0.2) is 0 Å². The van der Waals surface area contributed by atoms with Crippen LogP contribution >= 0.6 is 11.9 Å². The number of hydrogen-bond donors (Lipinski definition) is 1. The maximum atomic E-state index is 11.8. The van der Waals surface area contributed by atoms with Gasteiger partial charge in [0.05, 0.1) is 18.1 Å². The number of nitrogens with one attached hydrogen (secondary N) is 1. The number of unbranched alkanes of at least 4 members (excludes halogenated alkanes) is 7. The van der Waals surface area contributed by atoms with Gasteiger partial charge >= 0.3 is 5.51 Å². The van der Waals surface area contributed by atoms with Crippen molar-refractivity contribution in [3.05, 3.63) is 0 Å². The lowest BCUT2D eigenvalue weighted by Crippen LogP contribution is -2.20. The van der Waals surface area contributed by atoms with Crippen molar-refractivity contribution in [2.75, 3.05) is 6.61 Å². The monoisotopic (exact) mass is 343 g/mol. The quantitative estimate of drug-likeness (QED) is 0.369. The normalized spacial score (nSPS) is 11.9. The molecule has 0 aromatic carbocycles. The maximum absolute atomic E-state index is 11.8. The van der Waals surface area contributed by atoms with Gasteiger partial charge in [-0.1, -0.05) is 38.5 Å². The fourth-order valence-electron chi connectivity index (χ4n) is 1.93. The van der Waals surface area contributed by atoms with Crippen molar-refractivity contribution in [1.82, 2.24) is 4.72 Å². The minimum Gasteiger partial charge on any atom is -0.379 e. The Bertz CT molecular complexity index is 286. The fourth-order valence-corrected chi connectivity index (χ4v) is 2.26. The third-order valence-corrected chi connectivity index (χ3v) is 3.59. The second kappa shape index (κ2) is 13.0. The molecule has 0 aliphatic carbocycles. The molecule has 0 fully saturated rings. The van der Waals surface area contributed by atoms with Gasteiger partial charge in [-0.3, -0.25) is 9.52 Å². The van der Waals surface area contributed by atoms with Crippen LogP contribution in [0.25, 0.3) is 0 Å². The van der Waals surface area contributed by atoms with E-state index < -0.39 is 23.4 Å². The van der Waals surface area contributed by atoms with Gasteiger partial charge in [0.1, 0.15) is 0 Å². The van der Waals surface area contributed by atoms with E-state index in [1.807, 2.05) is 13.8 Å². The maximum Gasteiger partial charge on any atom is 0.461 e. The molecule has 0 radical (unpaired) electrons. The van der Waals surface area contributed by atoms with E-state index in [9.17, 15) is 18.0 Å². The average Bonchev–Trinajstić information content (AvgIpc) is 2.41. The van der Waals surface area contributed by atoms with Crippen LogP contribution in [0.5, 0.6) is 0 Å². The summed E-state index contributed by atoms with van der Waals surface area (Å²) in [6.45, 7) is 4.88. The molecule has 22 heavy (non-hydrogen) atoms. The predicted octanol–water partition coefficient (Wildman–Crippen LogP) is 5.21. The van der Waals surface area contributed by atoms with Gasteiger partial charge in [-0.05, 0) is 26.7 Å². The third kappa shape index (κ3) is 17.6. The molecule has 0 spiro atoms. The van der Waals surface area contributed by atoms with Gasteiger partial charge in [0.15, 0.2) is 0 Å². The van der Waals surface area contributed by atoms with E-state index in [-0.39, 0.29) is 6.42 Å². The average molecular weight is 343 g/mol. The standard InChI is InChI=1S/C15H28F3NO2S/c1-13(2)21-12-10-8-6-4-3-5-7-9-11-14(20)19-22-15(16,17)18/h13H,3-12H2,1-2H3,(H,19,20). The number of carbonyl (C=O) groups excluding carboxylic acids is 1. The Morgan fingerprint density at radius 3 is 2.00 bits per heavy atom. The Labute approximate surface area is 135 Å². The second-order valence-electron chi connectivity index (χ2n) is 5.57. The van der Waals surface area contributed by atoms with E-state index in [1.165, 1.54) is 12.8 Å². The van der Waals surface area contributed by atoms with Crippen LogP contribution in [-0.2, 0) is 9.53 Å². The van der Waals surface area contributed by atoms with E-state index in [0.29, 0.717) is 12.5 Å². The van der Waals surface area contributed by atoms with Crippen molar-refractivity contribution in [2.24, 2.45) is 0 Å². The lowest BCUT2D eigenvalue weighted by atomic mass is 10.1. The summed E-state index contributed by atoms with van der Waals surface area (Å²) in [5.41, 5.74) is -4.41. The van der Waals surface area contributed by atoms with Crippen LogP contribution in [0.15, 0.2) is 0 Å². The Kier molecular flexibility index (Phi) is 12.8. The van der Waals surface area contributed by atoms with Crippen LogP contribution < -0.4 is 4.72 Å². The first-order valence-corrected chi connectivity index (χ1v) is 8.78. The molecule has 0 atom stereocenters. The lowest BCUT2D eigenvalue weighted by molar-refractivity contribution is -0.119. The Balaban J connectivity index is 3.22. The SMILES string of the molecule is CC(C)OCCCCCCCCCCC(=O)NSC(F)(F)F. The second-order valence-corrected chi connectivity index (χ2v) is 6.44. The minimum atomic E-state index is -4.41. The molecule has 0 heterocycles. The lowest BCUT2D eigenvalue weighted by Gasteiger charge is -2.07. The fraction of sp³-hybridized carbons (Fsp3) is 0.933. The molecule has 132 valence electrons. The van der Waals surface area contributed by atoms with Gasteiger partial charge in [0.2, 0.25) is 5.91 Å². The molecule has 0 aliphatic heterocycles. The Morgan fingerprint density at radius 1 is 1.00 bits per heavy atom. The first-order valence-electron chi connectivity index (χ1n) is 7.96. The highest BCUT2D eigenvalue weighted by Crippen LogP contribution is 2.27. The zero-order valence-corrected chi connectivity index (χ0v) is 14.3. The molecule has 0 unspecified atom stereocenters. The molecule has 7 heteroatoms. The van der Waals surface area contributed by atoms with Gasteiger partial charge in [-0.15, -0.1) is 0 Å². The minimum absolute atomic E-state index is 0.162. The molecule has 0 saturated carbocycles. The smallest absolute Gasteiger partial charge is 0.379 e. The van der Waals surface area contributed by atoms with E-state index in [4.69, 9.17) is 4.74 Å². The van der Waals surface area contributed by atoms with E-state index in [0.717, 1.165) is 38.7 Å². The highest BCUT2D eigenvalue weighted by Gasteiger charge is 2.29. The van der Waals surface area contributed by atoms with Crippen LogP contribution in [0.3, 0.4) is 0 Å².